The van der Waals surface area contributed by atoms with Crippen molar-refractivity contribution in [1.29, 1.82) is 0 Å². The Kier molecular flexibility index (Phi) is 3.20. The standard InChI is InChI=1S/C10H11NO/c1-2-10(12)6-5-9-4-3-7-11-8-9/h3-8H,2H2,1H3. The van der Waals surface area contributed by atoms with E-state index in [4.69, 9.17) is 0 Å². The molecular formula is C10H11NO. The second-order valence-electron chi connectivity index (χ2n) is 2.44. The lowest BCUT2D eigenvalue weighted by Gasteiger charge is -1.89. The zero-order chi connectivity index (χ0) is 8.81. The fourth-order valence-corrected chi connectivity index (χ4v) is 0.782. The molecular weight excluding hydrogens is 150 g/mol. The molecule has 0 radical (unpaired) electrons. The molecule has 1 heterocycles. The fraction of sp³-hybridized carbons (Fsp3) is 0.200. The van der Waals surface area contributed by atoms with Crippen LogP contribution in [-0.2, 0) is 4.79 Å². The molecule has 0 saturated carbocycles. The molecule has 2 heteroatoms. The van der Waals surface area contributed by atoms with Gasteiger partial charge in [0.05, 0.1) is 0 Å². The summed E-state index contributed by atoms with van der Waals surface area (Å²) in [5.74, 6) is 0.138. The zero-order valence-electron chi connectivity index (χ0n) is 7.03. The van der Waals surface area contributed by atoms with Crippen LogP contribution in [0.2, 0.25) is 0 Å². The molecule has 1 rings (SSSR count). The van der Waals surface area contributed by atoms with Gasteiger partial charge in [0.2, 0.25) is 0 Å². The molecule has 12 heavy (non-hydrogen) atoms. The van der Waals surface area contributed by atoms with Crippen molar-refractivity contribution in [3.05, 3.63) is 36.2 Å². The Balaban J connectivity index is 2.64. The predicted molar refractivity (Wildman–Crippen MR) is 48.6 cm³/mol. The first kappa shape index (κ1) is 8.65. The summed E-state index contributed by atoms with van der Waals surface area (Å²) in [4.78, 5) is 14.8. The first-order valence-corrected chi connectivity index (χ1v) is 3.94. The summed E-state index contributed by atoms with van der Waals surface area (Å²) in [6, 6.07) is 3.75. The smallest absolute Gasteiger partial charge is 0.155 e. The van der Waals surface area contributed by atoms with E-state index in [1.807, 2.05) is 19.1 Å². The Bertz CT molecular complexity index is 277. The number of nitrogens with zero attached hydrogens (tertiary/aromatic N) is 1. The molecule has 0 atom stereocenters. The quantitative estimate of drug-likeness (QED) is 0.635. The van der Waals surface area contributed by atoms with Gasteiger partial charge in [-0.3, -0.25) is 9.78 Å². The van der Waals surface area contributed by atoms with Crippen LogP contribution in [0.1, 0.15) is 18.9 Å². The van der Waals surface area contributed by atoms with E-state index < -0.39 is 0 Å². The van der Waals surface area contributed by atoms with E-state index >= 15 is 0 Å². The van der Waals surface area contributed by atoms with Crippen molar-refractivity contribution < 1.29 is 4.79 Å². The molecule has 62 valence electrons. The number of carbonyl (C=O) groups is 1. The summed E-state index contributed by atoms with van der Waals surface area (Å²) in [7, 11) is 0. The number of pyridine rings is 1. The predicted octanol–water partition coefficient (Wildman–Crippen LogP) is 2.07. The monoisotopic (exact) mass is 161 g/mol. The maximum Gasteiger partial charge on any atom is 0.155 e. The first-order chi connectivity index (χ1) is 5.83. The Morgan fingerprint density at radius 2 is 2.50 bits per heavy atom. The molecule has 0 saturated heterocycles. The van der Waals surface area contributed by atoms with Gasteiger partial charge >= 0.3 is 0 Å². The largest absolute Gasteiger partial charge is 0.295 e. The van der Waals surface area contributed by atoms with Gasteiger partial charge in [0.1, 0.15) is 0 Å². The van der Waals surface area contributed by atoms with Crippen LogP contribution in [0, 0.1) is 0 Å². The van der Waals surface area contributed by atoms with Crippen molar-refractivity contribution in [2.24, 2.45) is 0 Å². The molecule has 0 N–H and O–H groups in total. The van der Waals surface area contributed by atoms with Gasteiger partial charge in [-0.05, 0) is 23.8 Å². The van der Waals surface area contributed by atoms with Crippen LogP contribution in [0.4, 0.5) is 0 Å². The van der Waals surface area contributed by atoms with Crippen LogP contribution in [0.5, 0.6) is 0 Å². The van der Waals surface area contributed by atoms with Gasteiger partial charge in [0, 0.05) is 18.8 Å². The maximum absolute atomic E-state index is 10.9. The first-order valence-electron chi connectivity index (χ1n) is 3.94. The lowest BCUT2D eigenvalue weighted by Crippen LogP contribution is -1.86. The highest BCUT2D eigenvalue weighted by atomic mass is 16.1. The van der Waals surface area contributed by atoms with Crippen molar-refractivity contribution in [3.63, 3.8) is 0 Å². The Labute approximate surface area is 71.9 Å². The number of hydrogen-bond acceptors (Lipinski definition) is 2. The fourth-order valence-electron chi connectivity index (χ4n) is 0.782. The van der Waals surface area contributed by atoms with E-state index in [2.05, 4.69) is 4.98 Å². The van der Waals surface area contributed by atoms with Crippen molar-refractivity contribution in [3.8, 4) is 0 Å². The van der Waals surface area contributed by atoms with E-state index in [1.165, 1.54) is 0 Å². The molecule has 0 aliphatic carbocycles. The SMILES string of the molecule is CCC(=O)C=Cc1cccnc1. The molecule has 0 aliphatic rings. The second-order valence-corrected chi connectivity index (χ2v) is 2.44. The summed E-state index contributed by atoms with van der Waals surface area (Å²) < 4.78 is 0. The Morgan fingerprint density at radius 3 is 3.08 bits per heavy atom. The van der Waals surface area contributed by atoms with Crippen molar-refractivity contribution in [1.82, 2.24) is 4.98 Å². The van der Waals surface area contributed by atoms with Gasteiger partial charge in [-0.25, -0.2) is 0 Å². The minimum atomic E-state index is 0.138. The molecule has 0 aliphatic heterocycles. The van der Waals surface area contributed by atoms with Crippen molar-refractivity contribution >= 4 is 11.9 Å². The average Bonchev–Trinajstić information content (AvgIpc) is 2.16. The Hall–Kier alpha value is -1.44. The highest BCUT2D eigenvalue weighted by Gasteiger charge is 1.89. The van der Waals surface area contributed by atoms with Crippen LogP contribution in [0.3, 0.4) is 0 Å². The zero-order valence-corrected chi connectivity index (χ0v) is 7.03. The molecule has 1 aromatic rings. The number of hydrogen-bond donors (Lipinski definition) is 0. The minimum Gasteiger partial charge on any atom is -0.295 e. The normalized spacial score (nSPS) is 10.4. The Morgan fingerprint density at radius 1 is 1.67 bits per heavy atom. The van der Waals surface area contributed by atoms with E-state index in [9.17, 15) is 4.79 Å². The minimum absolute atomic E-state index is 0.138. The third-order valence-corrected chi connectivity index (χ3v) is 1.49. The molecule has 0 spiro atoms. The third kappa shape index (κ3) is 2.66. The van der Waals surface area contributed by atoms with Gasteiger partial charge in [0.25, 0.3) is 0 Å². The number of aromatic nitrogens is 1. The van der Waals surface area contributed by atoms with Gasteiger partial charge in [0.15, 0.2) is 5.78 Å². The van der Waals surface area contributed by atoms with Crippen molar-refractivity contribution in [2.45, 2.75) is 13.3 Å². The topological polar surface area (TPSA) is 30.0 Å². The van der Waals surface area contributed by atoms with E-state index in [1.54, 1.807) is 24.5 Å². The second kappa shape index (κ2) is 4.44. The lowest BCUT2D eigenvalue weighted by molar-refractivity contribution is -0.114. The van der Waals surface area contributed by atoms with Gasteiger partial charge in [-0.2, -0.15) is 0 Å². The number of ketones is 1. The summed E-state index contributed by atoms with van der Waals surface area (Å²) >= 11 is 0. The molecule has 2 nitrogen and oxygen atoms in total. The molecule has 1 aromatic heterocycles. The van der Waals surface area contributed by atoms with Crippen LogP contribution in [0.15, 0.2) is 30.6 Å². The summed E-state index contributed by atoms with van der Waals surface area (Å²) in [6.07, 6.45) is 7.34. The summed E-state index contributed by atoms with van der Waals surface area (Å²) in [5.41, 5.74) is 0.958. The number of carbonyl (C=O) groups excluding carboxylic acids is 1. The average molecular weight is 161 g/mol. The maximum atomic E-state index is 10.9. The molecule has 0 fully saturated rings. The molecule has 0 amide bonds. The molecule has 0 bridgehead atoms. The molecule has 0 unspecified atom stereocenters. The van der Waals surface area contributed by atoms with Gasteiger partial charge < -0.3 is 0 Å². The highest BCUT2D eigenvalue weighted by molar-refractivity contribution is 5.93. The van der Waals surface area contributed by atoms with Crippen LogP contribution in [0.25, 0.3) is 6.08 Å². The van der Waals surface area contributed by atoms with E-state index in [-0.39, 0.29) is 5.78 Å². The van der Waals surface area contributed by atoms with Gasteiger partial charge in [-0.1, -0.05) is 13.0 Å². The van der Waals surface area contributed by atoms with E-state index in [0.717, 1.165) is 5.56 Å². The lowest BCUT2D eigenvalue weighted by atomic mass is 10.2. The van der Waals surface area contributed by atoms with Crippen LogP contribution in [-0.4, -0.2) is 10.8 Å². The third-order valence-electron chi connectivity index (χ3n) is 1.49. The number of allylic oxidation sites excluding steroid dienone is 1. The summed E-state index contributed by atoms with van der Waals surface area (Å²) in [5, 5.41) is 0. The van der Waals surface area contributed by atoms with Crippen LogP contribution < -0.4 is 0 Å². The summed E-state index contributed by atoms with van der Waals surface area (Å²) in [6.45, 7) is 1.84. The van der Waals surface area contributed by atoms with Crippen LogP contribution >= 0.6 is 0 Å². The number of rotatable bonds is 3. The van der Waals surface area contributed by atoms with Crippen molar-refractivity contribution in [2.75, 3.05) is 0 Å². The van der Waals surface area contributed by atoms with E-state index in [0.29, 0.717) is 6.42 Å². The highest BCUT2D eigenvalue weighted by Crippen LogP contribution is 1.98. The van der Waals surface area contributed by atoms with Gasteiger partial charge in [-0.15, -0.1) is 0 Å². The molecule has 0 aromatic carbocycles.